The smallest absolute Gasteiger partial charge is 0.244 e. The lowest BCUT2D eigenvalue weighted by Gasteiger charge is -2.49. The Labute approximate surface area is 162 Å². The van der Waals surface area contributed by atoms with E-state index in [9.17, 15) is 9.59 Å². The lowest BCUT2D eigenvalue weighted by Crippen LogP contribution is -2.62. The number of nitrogens with zero attached hydrogens (tertiary/aromatic N) is 5. The first kappa shape index (κ1) is 19.9. The van der Waals surface area contributed by atoms with Crippen LogP contribution in [0, 0.1) is 13.8 Å². The highest BCUT2D eigenvalue weighted by Gasteiger charge is 2.42. The molecule has 1 aromatic rings. The van der Waals surface area contributed by atoms with Crippen LogP contribution in [-0.2, 0) is 22.6 Å². The van der Waals surface area contributed by atoms with Gasteiger partial charge in [0.15, 0.2) is 0 Å². The molecule has 2 amide bonds. The highest BCUT2D eigenvalue weighted by molar-refractivity contribution is 5.77. The SMILES string of the molecule is CCc1c(C)nn(CC(=O)N2CCN(C)C3(CCC(=O)N(C)CC3)C2)c1C. The van der Waals surface area contributed by atoms with E-state index in [1.54, 1.807) is 0 Å². The zero-order valence-corrected chi connectivity index (χ0v) is 17.4. The number of hydrogen-bond donors (Lipinski definition) is 0. The van der Waals surface area contributed by atoms with Gasteiger partial charge in [-0.1, -0.05) is 6.92 Å². The summed E-state index contributed by atoms with van der Waals surface area (Å²) < 4.78 is 1.85. The second-order valence-electron chi connectivity index (χ2n) is 8.19. The summed E-state index contributed by atoms with van der Waals surface area (Å²) in [6.45, 7) is 9.51. The zero-order chi connectivity index (χ0) is 19.8. The molecule has 0 radical (unpaired) electrons. The van der Waals surface area contributed by atoms with Crippen molar-refractivity contribution in [1.82, 2.24) is 24.5 Å². The fraction of sp³-hybridized carbons (Fsp3) is 0.750. The maximum Gasteiger partial charge on any atom is 0.244 e. The minimum atomic E-state index is -0.0992. The maximum absolute atomic E-state index is 13.0. The summed E-state index contributed by atoms with van der Waals surface area (Å²) in [7, 11) is 4.01. The van der Waals surface area contributed by atoms with Crippen molar-refractivity contribution in [2.75, 3.05) is 40.3 Å². The molecule has 1 aromatic heterocycles. The van der Waals surface area contributed by atoms with Gasteiger partial charge in [0, 0.05) is 50.9 Å². The van der Waals surface area contributed by atoms with E-state index in [0.717, 1.165) is 50.3 Å². The molecule has 7 heteroatoms. The van der Waals surface area contributed by atoms with Gasteiger partial charge in [-0.15, -0.1) is 0 Å². The molecule has 3 rings (SSSR count). The molecule has 0 aromatic carbocycles. The molecule has 1 unspecified atom stereocenters. The molecule has 0 bridgehead atoms. The summed E-state index contributed by atoms with van der Waals surface area (Å²) in [4.78, 5) is 31.3. The molecule has 0 saturated carbocycles. The number of piperazine rings is 1. The fourth-order valence-corrected chi connectivity index (χ4v) is 4.60. The molecule has 2 fully saturated rings. The predicted molar refractivity (Wildman–Crippen MR) is 105 cm³/mol. The zero-order valence-electron chi connectivity index (χ0n) is 17.4. The minimum Gasteiger partial charge on any atom is -0.346 e. The van der Waals surface area contributed by atoms with Crippen molar-refractivity contribution in [2.24, 2.45) is 0 Å². The molecular weight excluding hydrogens is 342 g/mol. The van der Waals surface area contributed by atoms with Gasteiger partial charge in [-0.3, -0.25) is 19.2 Å². The van der Waals surface area contributed by atoms with Gasteiger partial charge in [-0.2, -0.15) is 5.10 Å². The Balaban J connectivity index is 1.74. The molecule has 1 atom stereocenters. The van der Waals surface area contributed by atoms with Crippen LogP contribution in [0.5, 0.6) is 0 Å². The van der Waals surface area contributed by atoms with Crippen molar-refractivity contribution in [3.63, 3.8) is 0 Å². The van der Waals surface area contributed by atoms with Crippen molar-refractivity contribution in [3.8, 4) is 0 Å². The van der Waals surface area contributed by atoms with Crippen molar-refractivity contribution in [1.29, 1.82) is 0 Å². The summed E-state index contributed by atoms with van der Waals surface area (Å²) in [5, 5.41) is 4.58. The third-order valence-corrected chi connectivity index (χ3v) is 6.67. The van der Waals surface area contributed by atoms with Gasteiger partial charge in [-0.05, 0) is 45.7 Å². The molecule has 3 heterocycles. The topological polar surface area (TPSA) is 61.7 Å². The first-order chi connectivity index (χ1) is 12.8. The Morgan fingerprint density at radius 1 is 1.15 bits per heavy atom. The van der Waals surface area contributed by atoms with E-state index in [4.69, 9.17) is 0 Å². The summed E-state index contributed by atoms with van der Waals surface area (Å²) in [5.74, 6) is 0.332. The van der Waals surface area contributed by atoms with E-state index < -0.39 is 0 Å². The lowest BCUT2D eigenvalue weighted by atomic mass is 9.86. The number of carbonyl (C=O) groups is 2. The molecular formula is C20H33N5O2. The van der Waals surface area contributed by atoms with Crippen LogP contribution in [-0.4, -0.2) is 82.1 Å². The maximum atomic E-state index is 13.0. The Morgan fingerprint density at radius 3 is 2.56 bits per heavy atom. The third-order valence-electron chi connectivity index (χ3n) is 6.67. The Morgan fingerprint density at radius 2 is 1.89 bits per heavy atom. The lowest BCUT2D eigenvalue weighted by molar-refractivity contribution is -0.137. The quantitative estimate of drug-likeness (QED) is 0.797. The van der Waals surface area contributed by atoms with Gasteiger partial charge in [0.2, 0.25) is 11.8 Å². The summed E-state index contributed by atoms with van der Waals surface area (Å²) >= 11 is 0. The van der Waals surface area contributed by atoms with Gasteiger partial charge in [0.05, 0.1) is 5.69 Å². The molecule has 7 nitrogen and oxygen atoms in total. The molecule has 0 N–H and O–H groups in total. The van der Waals surface area contributed by atoms with Crippen LogP contribution < -0.4 is 0 Å². The number of aromatic nitrogens is 2. The Hall–Kier alpha value is -1.89. The minimum absolute atomic E-state index is 0.0992. The van der Waals surface area contributed by atoms with E-state index in [2.05, 4.69) is 24.0 Å². The monoisotopic (exact) mass is 375 g/mol. The molecule has 1 spiro atoms. The number of amides is 2. The second kappa shape index (κ2) is 7.62. The molecule has 2 aliphatic heterocycles. The largest absolute Gasteiger partial charge is 0.346 e. The van der Waals surface area contributed by atoms with Crippen LogP contribution in [0.25, 0.3) is 0 Å². The Kier molecular flexibility index (Phi) is 5.60. The normalized spacial score (nSPS) is 24.6. The van der Waals surface area contributed by atoms with Gasteiger partial charge in [0.25, 0.3) is 0 Å². The van der Waals surface area contributed by atoms with E-state index in [-0.39, 0.29) is 17.4 Å². The molecule has 150 valence electrons. The summed E-state index contributed by atoms with van der Waals surface area (Å²) in [6, 6.07) is 0. The molecule has 2 saturated heterocycles. The highest BCUT2D eigenvalue weighted by atomic mass is 16.2. The molecule has 2 aliphatic rings. The average molecular weight is 376 g/mol. The van der Waals surface area contributed by atoms with Crippen LogP contribution in [0.1, 0.15) is 43.1 Å². The van der Waals surface area contributed by atoms with E-state index >= 15 is 0 Å². The molecule has 27 heavy (non-hydrogen) atoms. The average Bonchev–Trinajstić information content (AvgIpc) is 2.82. The standard InChI is InChI=1S/C20H33N5O2/c1-6-17-15(2)21-25(16(17)3)13-19(27)24-12-11-23(5)20(14-24)8-7-18(26)22(4)10-9-20/h6-14H2,1-5H3. The van der Waals surface area contributed by atoms with Gasteiger partial charge < -0.3 is 9.80 Å². The summed E-state index contributed by atoms with van der Waals surface area (Å²) in [6.07, 6.45) is 3.22. The van der Waals surface area contributed by atoms with Gasteiger partial charge in [0.1, 0.15) is 6.54 Å². The summed E-state index contributed by atoms with van der Waals surface area (Å²) in [5.41, 5.74) is 3.25. The Bertz CT molecular complexity index is 728. The second-order valence-corrected chi connectivity index (χ2v) is 8.19. The first-order valence-electron chi connectivity index (χ1n) is 10.0. The third kappa shape index (κ3) is 3.74. The van der Waals surface area contributed by atoms with Crippen molar-refractivity contribution < 1.29 is 9.59 Å². The number of aryl methyl sites for hydroxylation is 1. The number of hydrogen-bond acceptors (Lipinski definition) is 4. The highest BCUT2D eigenvalue weighted by Crippen LogP contribution is 2.32. The van der Waals surface area contributed by atoms with Crippen LogP contribution in [0.4, 0.5) is 0 Å². The number of likely N-dealkylation sites (N-methyl/N-ethyl adjacent to an activating group) is 1. The van der Waals surface area contributed by atoms with E-state index in [0.29, 0.717) is 19.5 Å². The van der Waals surface area contributed by atoms with Gasteiger partial charge in [-0.25, -0.2) is 0 Å². The number of rotatable bonds is 3. The van der Waals surface area contributed by atoms with Crippen LogP contribution in [0.3, 0.4) is 0 Å². The van der Waals surface area contributed by atoms with Crippen molar-refractivity contribution in [2.45, 2.75) is 58.5 Å². The number of likely N-dealkylation sites (tertiary alicyclic amines) is 1. The van der Waals surface area contributed by atoms with E-state index in [1.807, 2.05) is 35.4 Å². The van der Waals surface area contributed by atoms with Gasteiger partial charge >= 0.3 is 0 Å². The molecule has 0 aliphatic carbocycles. The van der Waals surface area contributed by atoms with Crippen molar-refractivity contribution >= 4 is 11.8 Å². The first-order valence-corrected chi connectivity index (χ1v) is 10.0. The number of carbonyl (C=O) groups excluding carboxylic acids is 2. The van der Waals surface area contributed by atoms with Crippen LogP contribution in [0.2, 0.25) is 0 Å². The van der Waals surface area contributed by atoms with Crippen LogP contribution in [0.15, 0.2) is 0 Å². The predicted octanol–water partition coefficient (Wildman–Crippen LogP) is 1.22. The fourth-order valence-electron chi connectivity index (χ4n) is 4.60. The van der Waals surface area contributed by atoms with Crippen molar-refractivity contribution in [3.05, 3.63) is 17.0 Å². The van der Waals surface area contributed by atoms with E-state index in [1.165, 1.54) is 5.56 Å². The van der Waals surface area contributed by atoms with Crippen LogP contribution >= 0.6 is 0 Å².